The second kappa shape index (κ2) is 5.51. The molecule has 0 N–H and O–H groups in total. The highest BCUT2D eigenvalue weighted by molar-refractivity contribution is 6.21. The van der Waals surface area contributed by atoms with Gasteiger partial charge < -0.3 is 9.15 Å². The van der Waals surface area contributed by atoms with Crippen LogP contribution in [-0.2, 0) is 11.2 Å². The predicted molar refractivity (Wildman–Crippen MR) is 75.5 cm³/mol. The average Bonchev–Trinajstić information content (AvgIpc) is 3.03. The van der Waals surface area contributed by atoms with Crippen LogP contribution in [0.5, 0.6) is 0 Å². The van der Waals surface area contributed by atoms with E-state index < -0.39 is 0 Å². The maximum atomic E-state index is 6.54. The van der Waals surface area contributed by atoms with Crippen molar-refractivity contribution >= 4 is 22.7 Å². The van der Waals surface area contributed by atoms with E-state index in [4.69, 9.17) is 20.8 Å². The molecule has 2 aromatic rings. The van der Waals surface area contributed by atoms with Gasteiger partial charge in [-0.1, -0.05) is 19.1 Å². The number of para-hydroxylation sites is 2. The van der Waals surface area contributed by atoms with Crippen LogP contribution in [0.2, 0.25) is 0 Å². The number of alkyl halides is 1. The van der Waals surface area contributed by atoms with Crippen molar-refractivity contribution in [3.63, 3.8) is 0 Å². The van der Waals surface area contributed by atoms with Crippen LogP contribution in [0.25, 0.3) is 11.1 Å². The van der Waals surface area contributed by atoms with Gasteiger partial charge in [0.25, 0.3) is 0 Å². The maximum absolute atomic E-state index is 6.54. The van der Waals surface area contributed by atoms with Gasteiger partial charge in [0.15, 0.2) is 11.5 Å². The molecular weight excluding hydrogens is 262 g/mol. The van der Waals surface area contributed by atoms with Gasteiger partial charge in [0.2, 0.25) is 0 Å². The Morgan fingerprint density at radius 1 is 1.42 bits per heavy atom. The summed E-state index contributed by atoms with van der Waals surface area (Å²) in [5.74, 6) is 1.13. The van der Waals surface area contributed by atoms with Crippen molar-refractivity contribution < 1.29 is 9.15 Å². The molecule has 1 aliphatic heterocycles. The molecule has 1 aromatic carbocycles. The third kappa shape index (κ3) is 2.63. The van der Waals surface area contributed by atoms with E-state index >= 15 is 0 Å². The van der Waals surface area contributed by atoms with E-state index in [9.17, 15) is 0 Å². The molecule has 2 heterocycles. The molecule has 3 nitrogen and oxygen atoms in total. The number of ether oxygens (including phenoxy) is 1. The fourth-order valence-corrected chi connectivity index (χ4v) is 3.25. The first-order chi connectivity index (χ1) is 9.28. The number of hydrogen-bond acceptors (Lipinski definition) is 3. The first kappa shape index (κ1) is 12.9. The molecule has 102 valence electrons. The number of benzene rings is 1. The van der Waals surface area contributed by atoms with E-state index in [1.165, 1.54) is 0 Å². The Hall–Kier alpha value is -1.06. The number of aromatic nitrogens is 1. The largest absolute Gasteiger partial charge is 0.441 e. The highest BCUT2D eigenvalue weighted by Crippen LogP contribution is 2.31. The lowest BCUT2D eigenvalue weighted by Crippen LogP contribution is -2.25. The SMILES string of the molecule is CCC1OCCC1C(Cl)Cc1nc2ccccc2o1. The first-order valence-corrected chi connectivity index (χ1v) is 7.31. The van der Waals surface area contributed by atoms with Crippen LogP contribution in [0.1, 0.15) is 25.7 Å². The Bertz CT molecular complexity index is 521. The summed E-state index contributed by atoms with van der Waals surface area (Å²) in [6, 6.07) is 7.81. The minimum atomic E-state index is 0.0283. The number of halogens is 1. The van der Waals surface area contributed by atoms with Gasteiger partial charge in [-0.15, -0.1) is 11.6 Å². The Labute approximate surface area is 117 Å². The quantitative estimate of drug-likeness (QED) is 0.799. The summed E-state index contributed by atoms with van der Waals surface area (Å²) in [5, 5.41) is 0.0283. The maximum Gasteiger partial charge on any atom is 0.196 e. The van der Waals surface area contributed by atoms with Crippen LogP contribution in [0.15, 0.2) is 28.7 Å². The van der Waals surface area contributed by atoms with Gasteiger partial charge in [-0.3, -0.25) is 0 Å². The van der Waals surface area contributed by atoms with E-state index in [0.29, 0.717) is 12.3 Å². The molecule has 1 fully saturated rings. The van der Waals surface area contributed by atoms with E-state index in [0.717, 1.165) is 36.4 Å². The molecular formula is C15H18ClNO2. The number of rotatable bonds is 4. The van der Waals surface area contributed by atoms with Crippen molar-refractivity contribution in [2.45, 2.75) is 37.7 Å². The molecule has 0 bridgehead atoms. The zero-order valence-corrected chi connectivity index (χ0v) is 11.8. The van der Waals surface area contributed by atoms with Crippen LogP contribution in [0.4, 0.5) is 0 Å². The van der Waals surface area contributed by atoms with Crippen molar-refractivity contribution in [1.82, 2.24) is 4.98 Å². The molecule has 3 rings (SSSR count). The molecule has 1 aliphatic rings. The Morgan fingerprint density at radius 2 is 2.26 bits per heavy atom. The fraction of sp³-hybridized carbons (Fsp3) is 0.533. The number of hydrogen-bond donors (Lipinski definition) is 0. The fourth-order valence-electron chi connectivity index (χ4n) is 2.82. The summed E-state index contributed by atoms with van der Waals surface area (Å²) in [5.41, 5.74) is 1.73. The van der Waals surface area contributed by atoms with E-state index in [2.05, 4.69) is 11.9 Å². The minimum absolute atomic E-state index is 0.0283. The van der Waals surface area contributed by atoms with Crippen molar-refractivity contribution in [3.05, 3.63) is 30.2 Å². The van der Waals surface area contributed by atoms with E-state index in [1.807, 2.05) is 24.3 Å². The zero-order valence-electron chi connectivity index (χ0n) is 11.0. The molecule has 0 spiro atoms. The molecule has 0 radical (unpaired) electrons. The smallest absolute Gasteiger partial charge is 0.196 e. The topological polar surface area (TPSA) is 35.3 Å². The summed E-state index contributed by atoms with van der Waals surface area (Å²) in [4.78, 5) is 4.48. The minimum Gasteiger partial charge on any atom is -0.441 e. The second-order valence-corrected chi connectivity index (χ2v) is 5.63. The summed E-state index contributed by atoms with van der Waals surface area (Å²) in [6.07, 6.45) is 3.00. The van der Waals surface area contributed by atoms with Crippen LogP contribution < -0.4 is 0 Å². The van der Waals surface area contributed by atoms with Gasteiger partial charge in [0.05, 0.1) is 6.10 Å². The van der Waals surface area contributed by atoms with Gasteiger partial charge in [-0.25, -0.2) is 4.98 Å². The highest BCUT2D eigenvalue weighted by Gasteiger charge is 2.33. The summed E-state index contributed by atoms with van der Waals surface area (Å²) < 4.78 is 11.4. The molecule has 1 aromatic heterocycles. The third-order valence-corrected chi connectivity index (χ3v) is 4.31. The Kier molecular flexibility index (Phi) is 3.76. The molecule has 1 saturated heterocycles. The lowest BCUT2D eigenvalue weighted by molar-refractivity contribution is 0.0861. The van der Waals surface area contributed by atoms with E-state index in [1.54, 1.807) is 0 Å². The van der Waals surface area contributed by atoms with E-state index in [-0.39, 0.29) is 11.5 Å². The Balaban J connectivity index is 1.73. The van der Waals surface area contributed by atoms with Crippen LogP contribution in [-0.4, -0.2) is 23.1 Å². The zero-order chi connectivity index (χ0) is 13.2. The molecule has 0 aliphatic carbocycles. The first-order valence-electron chi connectivity index (χ1n) is 6.88. The molecule has 3 unspecified atom stereocenters. The Morgan fingerprint density at radius 3 is 3.05 bits per heavy atom. The normalized spacial score (nSPS) is 24.9. The van der Waals surface area contributed by atoms with Crippen LogP contribution >= 0.6 is 11.6 Å². The van der Waals surface area contributed by atoms with Crippen molar-refractivity contribution in [3.8, 4) is 0 Å². The average molecular weight is 280 g/mol. The lowest BCUT2D eigenvalue weighted by Gasteiger charge is -2.20. The molecule has 19 heavy (non-hydrogen) atoms. The summed E-state index contributed by atoms with van der Waals surface area (Å²) in [7, 11) is 0. The molecule has 0 saturated carbocycles. The summed E-state index contributed by atoms with van der Waals surface area (Å²) >= 11 is 6.54. The second-order valence-electron chi connectivity index (χ2n) is 5.07. The standard InChI is InChI=1S/C15H18ClNO2/c1-2-13-10(7-8-18-13)11(16)9-15-17-12-5-3-4-6-14(12)19-15/h3-6,10-11,13H,2,7-9H2,1H3. The van der Waals surface area contributed by atoms with Gasteiger partial charge in [-0.2, -0.15) is 0 Å². The van der Waals surface area contributed by atoms with Crippen molar-refractivity contribution in [2.24, 2.45) is 5.92 Å². The number of nitrogens with zero attached hydrogens (tertiary/aromatic N) is 1. The molecule has 3 atom stereocenters. The van der Waals surface area contributed by atoms with Gasteiger partial charge in [0, 0.05) is 24.3 Å². The van der Waals surface area contributed by atoms with Gasteiger partial charge in [-0.05, 0) is 25.0 Å². The van der Waals surface area contributed by atoms with Crippen LogP contribution in [0, 0.1) is 5.92 Å². The van der Waals surface area contributed by atoms with Gasteiger partial charge in [0.1, 0.15) is 5.52 Å². The third-order valence-electron chi connectivity index (χ3n) is 3.84. The van der Waals surface area contributed by atoms with Crippen molar-refractivity contribution in [2.75, 3.05) is 6.61 Å². The summed E-state index contributed by atoms with van der Waals surface area (Å²) in [6.45, 7) is 2.96. The number of oxazole rings is 1. The molecule has 4 heteroatoms. The monoisotopic (exact) mass is 279 g/mol. The van der Waals surface area contributed by atoms with Gasteiger partial charge >= 0.3 is 0 Å². The van der Waals surface area contributed by atoms with Crippen LogP contribution in [0.3, 0.4) is 0 Å². The lowest BCUT2D eigenvalue weighted by atomic mass is 9.94. The number of fused-ring (bicyclic) bond motifs is 1. The predicted octanol–water partition coefficient (Wildman–Crippen LogP) is 3.79. The van der Waals surface area contributed by atoms with Crippen molar-refractivity contribution in [1.29, 1.82) is 0 Å². The highest BCUT2D eigenvalue weighted by atomic mass is 35.5. The molecule has 0 amide bonds.